The van der Waals surface area contributed by atoms with Crippen molar-refractivity contribution in [1.82, 2.24) is 0 Å². The monoisotopic (exact) mass is 1190 g/mol. The Bertz CT molecular complexity index is 1930. The summed E-state index contributed by atoms with van der Waals surface area (Å²) in [6, 6.07) is 0. The second kappa shape index (κ2) is 21.9. The Hall–Kier alpha value is -0.0600. The molecule has 42 nitrogen and oxygen atoms in total. The molecule has 0 aromatic rings. The molecule has 0 radical (unpaired) electrons. The number of rotatable bonds is 18. The van der Waals surface area contributed by atoms with E-state index in [2.05, 4.69) is 27.1 Å². The molecule has 6 saturated heterocycles. The lowest BCUT2D eigenvalue weighted by Crippen LogP contribution is -3.03. The van der Waals surface area contributed by atoms with Crippen molar-refractivity contribution >= 4 is 46.9 Å². The molecule has 6 atom stereocenters. The molecule has 48 heteroatoms. The zero-order chi connectivity index (χ0) is 52.9. The number of phosphoric ester groups is 6. The fourth-order valence-corrected chi connectivity index (χ4v) is 9.35. The van der Waals surface area contributed by atoms with Crippen LogP contribution >= 0.6 is 46.9 Å². The molecule has 0 aromatic carbocycles. The van der Waals surface area contributed by atoms with E-state index in [-0.39, 0.29) is 0 Å². The highest BCUT2D eigenvalue weighted by Gasteiger charge is 3.06. The van der Waals surface area contributed by atoms with Gasteiger partial charge in [0.15, 0.2) is 0 Å². The quantitative estimate of drug-likeness (QED) is 0.0451. The van der Waals surface area contributed by atoms with E-state index < -0.39 is 198 Å². The first-order chi connectivity index (χ1) is 33.2. The van der Waals surface area contributed by atoms with Gasteiger partial charge in [0, 0.05) is 0 Å². The molecule has 0 bridgehead atoms. The Morgan fingerprint density at radius 3 is 0.722 bits per heavy atom. The summed E-state index contributed by atoms with van der Waals surface area (Å²) >= 11 is 0. The van der Waals surface area contributed by atoms with Crippen LogP contribution in [0.3, 0.4) is 0 Å². The minimum atomic E-state index is -5.52. The summed E-state index contributed by atoms with van der Waals surface area (Å²) in [6.45, 7) is -14.8. The Morgan fingerprint density at radius 1 is 0.306 bits per heavy atom. The van der Waals surface area contributed by atoms with Gasteiger partial charge in [0.1, 0.15) is 56.4 Å². The Balaban J connectivity index is 1.53. The topological polar surface area (TPSA) is 567 Å². The van der Waals surface area contributed by atoms with Crippen LogP contribution in [-0.4, -0.2) is 209 Å². The van der Waals surface area contributed by atoms with Crippen LogP contribution in [0, 0.1) is 0 Å². The molecule has 1 saturated carbocycles. The van der Waals surface area contributed by atoms with Crippen molar-refractivity contribution in [2.24, 2.45) is 0 Å². The lowest BCUT2D eigenvalue weighted by molar-refractivity contribution is -0.793. The van der Waals surface area contributed by atoms with Gasteiger partial charge in [0.25, 0.3) is 0 Å². The van der Waals surface area contributed by atoms with E-state index in [9.17, 15) is 86.1 Å². The second-order valence-electron chi connectivity index (χ2n) is 15.1. The van der Waals surface area contributed by atoms with E-state index in [4.69, 9.17) is 87.1 Å². The predicted molar refractivity (Wildman–Crippen MR) is 196 cm³/mol. The van der Waals surface area contributed by atoms with Gasteiger partial charge in [-0.2, -0.15) is 29.3 Å². The fraction of sp³-hybridized carbons (Fsp3) is 1.00. The standard InChI is InChI=1S/C24H42O42P6/c25-67(26,27)49-7-13-1-43-19-22(55-13)20(65-59-17(5-46-61-22)11-53-71(37,38)39)24(57-15(3-44-20)9-51-69(31,32)33)21(66-60-18(6-48-63-24)12-54-72(40,41)42)23(19,56-14(2-45-21)8-50-68(28,29)30)62-47-4-16(58-64-19)10-52-70(34,35)36/h13-18H,1-12H2,(H2,25,26,27)(H2,28,29,30)(H2,31,32,33)(H2,34,35,36)(H2,37,38,39)(H2,40,41,42). The smallest absolute Gasteiger partial charge is 0.336 e. The van der Waals surface area contributed by atoms with E-state index in [1.165, 1.54) is 0 Å². The zero-order valence-electron chi connectivity index (χ0n) is 35.2. The van der Waals surface area contributed by atoms with Crippen LogP contribution in [0.2, 0.25) is 0 Å². The molecule has 7 rings (SSSR count). The third-order valence-electron chi connectivity index (χ3n) is 9.78. The van der Waals surface area contributed by atoms with Crippen LogP contribution in [0.4, 0.5) is 0 Å². The molecule has 6 spiro atoms. The molecule has 6 heterocycles. The van der Waals surface area contributed by atoms with Crippen molar-refractivity contribution in [3.8, 4) is 0 Å². The van der Waals surface area contributed by atoms with Crippen molar-refractivity contribution in [1.29, 1.82) is 0 Å². The van der Waals surface area contributed by atoms with Crippen molar-refractivity contribution in [2.75, 3.05) is 79.3 Å². The van der Waals surface area contributed by atoms with Crippen molar-refractivity contribution in [3.05, 3.63) is 0 Å². The first-order valence-electron chi connectivity index (χ1n) is 19.3. The van der Waals surface area contributed by atoms with Gasteiger partial charge < -0.3 is 87.1 Å². The van der Waals surface area contributed by atoms with Gasteiger partial charge in [-0.3, -0.25) is 27.1 Å². The van der Waals surface area contributed by atoms with E-state index >= 15 is 0 Å². The molecule has 72 heavy (non-hydrogen) atoms. The third-order valence-corrected chi connectivity index (χ3v) is 12.7. The van der Waals surface area contributed by atoms with Crippen molar-refractivity contribution in [3.63, 3.8) is 0 Å². The van der Waals surface area contributed by atoms with E-state index in [0.717, 1.165) is 0 Å². The van der Waals surface area contributed by atoms with Crippen LogP contribution in [-0.2, 0) is 142 Å². The minimum absolute atomic E-state index is 1.16. The first-order valence-corrected chi connectivity index (χ1v) is 28.5. The molecule has 12 N–H and O–H groups in total. The largest absolute Gasteiger partial charge is 0.469 e. The number of ether oxygens (including phenoxy) is 6. The maximum Gasteiger partial charge on any atom is 0.469 e. The van der Waals surface area contributed by atoms with Gasteiger partial charge in [0.05, 0.1) is 59.5 Å². The lowest BCUT2D eigenvalue weighted by atomic mass is 9.67. The Kier molecular flexibility index (Phi) is 18.1. The third kappa shape index (κ3) is 12.7. The van der Waals surface area contributed by atoms with E-state index in [1.54, 1.807) is 0 Å². The molecule has 7 fully saturated rings. The number of hydrogen-bond donors (Lipinski definition) is 12. The summed E-state index contributed by atoms with van der Waals surface area (Å²) in [4.78, 5) is 183. The SMILES string of the molecule is O=P(O)(O)OCC1COOC23OC(COP(=O)(O)O)COC24OOC(COP(=O)(O)O)COOC42OC(COP(=O)(O)O)COC24OOC(COP(=O)(O)O)COOC42OC(COP(=O)(O)O)COC23OO1. The number of hydrogen-bond acceptors (Lipinski definition) is 30. The summed E-state index contributed by atoms with van der Waals surface area (Å²) in [6.07, 6.45) is -12.2. The average Bonchev–Trinajstić information content (AvgIpc) is 3.23. The fourth-order valence-electron chi connectivity index (χ4n) is 7.19. The molecule has 0 amide bonds. The van der Waals surface area contributed by atoms with Crippen LogP contribution in [0.5, 0.6) is 0 Å². The van der Waals surface area contributed by atoms with Gasteiger partial charge in [-0.05, 0) is 0 Å². The van der Waals surface area contributed by atoms with Crippen LogP contribution < -0.4 is 0 Å². The summed E-state index contributed by atoms with van der Waals surface area (Å²) in [5, 5.41) is 0. The van der Waals surface area contributed by atoms with Crippen molar-refractivity contribution < 1.29 is 200 Å². The highest BCUT2D eigenvalue weighted by Crippen LogP contribution is 2.72. The molecule has 6 aliphatic heterocycles. The number of phosphoric acid groups is 6. The van der Waals surface area contributed by atoms with Gasteiger partial charge >= 0.3 is 81.7 Å². The summed E-state index contributed by atoms with van der Waals surface area (Å²) in [7, 11) is -32.8. The predicted octanol–water partition coefficient (Wildman–Crippen LogP) is -5.08. The van der Waals surface area contributed by atoms with Gasteiger partial charge in [-0.1, -0.05) is 0 Å². The zero-order valence-corrected chi connectivity index (χ0v) is 40.6. The Labute approximate surface area is 397 Å². The van der Waals surface area contributed by atoms with E-state index in [1.807, 2.05) is 0 Å². The normalized spacial score (nSPS) is 39.7. The second-order valence-corrected chi connectivity index (χ2v) is 22.5. The molecule has 420 valence electrons. The van der Waals surface area contributed by atoms with Gasteiger partial charge in [-0.25, -0.2) is 56.7 Å². The highest BCUT2D eigenvalue weighted by molar-refractivity contribution is 7.47. The molecule has 0 aromatic heterocycles. The molecule has 7 aliphatic rings. The Morgan fingerprint density at radius 2 is 0.514 bits per heavy atom. The van der Waals surface area contributed by atoms with Crippen LogP contribution in [0.25, 0.3) is 0 Å². The van der Waals surface area contributed by atoms with Crippen LogP contribution in [0.15, 0.2) is 0 Å². The molecule has 6 unspecified atom stereocenters. The van der Waals surface area contributed by atoms with Crippen molar-refractivity contribution in [2.45, 2.75) is 71.3 Å². The van der Waals surface area contributed by atoms with Gasteiger partial charge in [0.2, 0.25) is 0 Å². The average molecular weight is 1190 g/mol. The lowest BCUT2D eigenvalue weighted by Gasteiger charge is -2.73. The molecular weight excluding hydrogens is 1150 g/mol. The summed E-state index contributed by atoms with van der Waals surface area (Å²) in [5.41, 5.74) is 0. The summed E-state index contributed by atoms with van der Waals surface area (Å²) in [5.74, 6) is -23.8. The molecule has 1 aliphatic carbocycles. The summed E-state index contributed by atoms with van der Waals surface area (Å²) < 4.78 is 136. The van der Waals surface area contributed by atoms with Crippen LogP contribution in [0.1, 0.15) is 0 Å². The highest BCUT2D eigenvalue weighted by atomic mass is 31.2. The van der Waals surface area contributed by atoms with E-state index in [0.29, 0.717) is 0 Å². The molecular formula is C24H42O42P6. The maximum absolute atomic E-state index is 12.0. The minimum Gasteiger partial charge on any atom is -0.336 e. The first kappa shape index (κ1) is 59.6. The van der Waals surface area contributed by atoms with Gasteiger partial charge in [-0.15, -0.1) is 0 Å². The maximum atomic E-state index is 12.0.